The van der Waals surface area contributed by atoms with Gasteiger partial charge in [0, 0.05) is 0 Å². The molecule has 1 amide bonds. The van der Waals surface area contributed by atoms with E-state index in [1.54, 1.807) is 0 Å². The first-order chi connectivity index (χ1) is 9.67. The summed E-state index contributed by atoms with van der Waals surface area (Å²) in [6.07, 6.45) is 8.09. The Labute approximate surface area is 123 Å². The number of nitrogens with two attached hydrogens (primary N) is 1. The van der Waals surface area contributed by atoms with Crippen LogP contribution in [-0.2, 0) is 10.2 Å². The highest BCUT2D eigenvalue weighted by molar-refractivity contribution is 5.86. The van der Waals surface area contributed by atoms with E-state index in [1.807, 2.05) is 30.3 Å². The minimum absolute atomic E-state index is 0.186. The Morgan fingerprint density at radius 1 is 1.10 bits per heavy atom. The smallest absolute Gasteiger partial charge is 0.228 e. The Bertz CT molecular complexity index is 388. The molecule has 0 aliphatic rings. The Morgan fingerprint density at radius 2 is 1.75 bits per heavy atom. The third-order valence-corrected chi connectivity index (χ3v) is 4.11. The van der Waals surface area contributed by atoms with Crippen molar-refractivity contribution < 1.29 is 4.79 Å². The van der Waals surface area contributed by atoms with Gasteiger partial charge in [0.2, 0.25) is 5.91 Å². The van der Waals surface area contributed by atoms with E-state index in [-0.39, 0.29) is 5.91 Å². The lowest BCUT2D eigenvalue weighted by Crippen LogP contribution is -2.41. The van der Waals surface area contributed by atoms with E-state index in [9.17, 15) is 4.79 Å². The zero-order valence-electron chi connectivity index (χ0n) is 12.7. The molecule has 111 valence electrons. The van der Waals surface area contributed by atoms with E-state index in [1.165, 1.54) is 19.3 Å². The molecule has 0 aromatic heterocycles. The predicted molar refractivity (Wildman–Crippen MR) is 85.3 cm³/mol. The van der Waals surface area contributed by atoms with Crippen LogP contribution in [0.3, 0.4) is 0 Å². The van der Waals surface area contributed by atoms with Gasteiger partial charge in [-0.05, 0) is 18.4 Å². The minimum Gasteiger partial charge on any atom is -0.369 e. The van der Waals surface area contributed by atoms with Gasteiger partial charge in [0.1, 0.15) is 0 Å². The Morgan fingerprint density at radius 3 is 2.30 bits per heavy atom. The number of carbonyl (C=O) groups is 1. The number of rotatable bonds is 10. The molecule has 0 heterocycles. The van der Waals surface area contributed by atoms with E-state index >= 15 is 0 Å². The summed E-state index contributed by atoms with van der Waals surface area (Å²) in [4.78, 5) is 12.2. The van der Waals surface area contributed by atoms with Crippen LogP contribution in [0.4, 0.5) is 0 Å². The first-order valence-electron chi connectivity index (χ1n) is 7.82. The van der Waals surface area contributed by atoms with Gasteiger partial charge in [0.15, 0.2) is 0 Å². The second-order valence-electron chi connectivity index (χ2n) is 5.58. The number of hydrogen-bond donors (Lipinski definition) is 1. The summed E-state index contributed by atoms with van der Waals surface area (Å²) in [7, 11) is 0. The quantitative estimate of drug-likeness (QED) is 0.632. The van der Waals surface area contributed by atoms with Crippen LogP contribution in [-0.4, -0.2) is 5.91 Å². The molecular weight excluding hydrogens is 246 g/mol. The summed E-state index contributed by atoms with van der Waals surface area (Å²) >= 11 is 0. The maximum atomic E-state index is 12.2. The summed E-state index contributed by atoms with van der Waals surface area (Å²) in [5.74, 6) is -0.186. The van der Waals surface area contributed by atoms with E-state index in [4.69, 9.17) is 5.73 Å². The molecule has 0 bridgehead atoms. The SMILES string of the molecule is [CH2]CCCC(CCCCCC)(C(N)=O)c1ccccc1. The molecular formula is C18H28NO. The molecule has 1 radical (unpaired) electrons. The highest BCUT2D eigenvalue weighted by atomic mass is 16.1. The number of primary amides is 1. The molecule has 1 rings (SSSR count). The highest BCUT2D eigenvalue weighted by Gasteiger charge is 2.36. The zero-order valence-corrected chi connectivity index (χ0v) is 12.7. The number of amides is 1. The van der Waals surface area contributed by atoms with Crippen molar-refractivity contribution in [3.05, 3.63) is 42.8 Å². The molecule has 1 aromatic rings. The Hall–Kier alpha value is -1.31. The lowest BCUT2D eigenvalue weighted by Gasteiger charge is -2.31. The predicted octanol–water partition coefficient (Wildman–Crippen LogP) is 4.38. The molecule has 0 fully saturated rings. The molecule has 20 heavy (non-hydrogen) atoms. The highest BCUT2D eigenvalue weighted by Crippen LogP contribution is 2.35. The summed E-state index contributed by atoms with van der Waals surface area (Å²) in [5, 5.41) is 0. The lowest BCUT2D eigenvalue weighted by molar-refractivity contribution is -0.124. The fraction of sp³-hybridized carbons (Fsp3) is 0.556. The second kappa shape index (κ2) is 8.78. The first-order valence-corrected chi connectivity index (χ1v) is 7.82. The summed E-state index contributed by atoms with van der Waals surface area (Å²) in [6.45, 7) is 6.10. The first kappa shape index (κ1) is 16.7. The molecule has 1 unspecified atom stereocenters. The summed E-state index contributed by atoms with van der Waals surface area (Å²) in [6, 6.07) is 10.0. The molecule has 0 aliphatic heterocycles. The van der Waals surface area contributed by atoms with Gasteiger partial charge in [0.05, 0.1) is 5.41 Å². The number of carbonyl (C=O) groups excluding carboxylic acids is 1. The van der Waals surface area contributed by atoms with Crippen LogP contribution in [0.15, 0.2) is 30.3 Å². The fourth-order valence-corrected chi connectivity index (χ4v) is 2.84. The van der Waals surface area contributed by atoms with E-state index in [0.29, 0.717) is 0 Å². The van der Waals surface area contributed by atoms with Gasteiger partial charge in [-0.25, -0.2) is 0 Å². The number of unbranched alkanes of at least 4 members (excludes halogenated alkanes) is 4. The molecule has 1 atom stereocenters. The average molecular weight is 274 g/mol. The lowest BCUT2D eigenvalue weighted by atomic mass is 9.72. The van der Waals surface area contributed by atoms with Crippen LogP contribution in [0.5, 0.6) is 0 Å². The fourth-order valence-electron chi connectivity index (χ4n) is 2.84. The molecule has 1 aromatic carbocycles. The Kier molecular flexibility index (Phi) is 7.35. The van der Waals surface area contributed by atoms with Crippen LogP contribution in [0.1, 0.15) is 63.9 Å². The topological polar surface area (TPSA) is 43.1 Å². The van der Waals surface area contributed by atoms with Gasteiger partial charge in [0.25, 0.3) is 0 Å². The summed E-state index contributed by atoms with van der Waals surface area (Å²) in [5.41, 5.74) is 6.36. The molecule has 0 saturated heterocycles. The maximum Gasteiger partial charge on any atom is 0.228 e. The molecule has 2 heteroatoms. The van der Waals surface area contributed by atoms with Crippen molar-refractivity contribution in [2.75, 3.05) is 0 Å². The van der Waals surface area contributed by atoms with Crippen molar-refractivity contribution in [1.29, 1.82) is 0 Å². The monoisotopic (exact) mass is 274 g/mol. The van der Waals surface area contributed by atoms with Crippen molar-refractivity contribution in [1.82, 2.24) is 0 Å². The van der Waals surface area contributed by atoms with Crippen molar-refractivity contribution in [3.63, 3.8) is 0 Å². The van der Waals surface area contributed by atoms with Gasteiger partial charge in [-0.2, -0.15) is 0 Å². The third-order valence-electron chi connectivity index (χ3n) is 4.11. The van der Waals surface area contributed by atoms with Crippen molar-refractivity contribution in [3.8, 4) is 0 Å². The molecule has 0 spiro atoms. The second-order valence-corrected chi connectivity index (χ2v) is 5.58. The Balaban J connectivity index is 2.92. The standard InChI is InChI=1S/C18H28NO/c1-3-5-7-11-15-18(17(19)20,14-6-4-2)16-12-9-8-10-13-16/h8-10,12-13H,2-7,11,14-15H2,1H3,(H2,19,20). The van der Waals surface area contributed by atoms with Gasteiger partial charge < -0.3 is 5.73 Å². The van der Waals surface area contributed by atoms with Crippen LogP contribution in [0, 0.1) is 6.92 Å². The van der Waals surface area contributed by atoms with Gasteiger partial charge in [-0.15, -0.1) is 0 Å². The van der Waals surface area contributed by atoms with E-state index in [0.717, 1.165) is 37.7 Å². The van der Waals surface area contributed by atoms with Gasteiger partial charge >= 0.3 is 0 Å². The van der Waals surface area contributed by atoms with Crippen molar-refractivity contribution in [2.45, 2.75) is 63.7 Å². The van der Waals surface area contributed by atoms with Crippen molar-refractivity contribution >= 4 is 5.91 Å². The molecule has 0 aliphatic carbocycles. The number of benzene rings is 1. The summed E-state index contributed by atoms with van der Waals surface area (Å²) < 4.78 is 0. The van der Waals surface area contributed by atoms with Crippen LogP contribution in [0.25, 0.3) is 0 Å². The normalized spacial score (nSPS) is 13.9. The third kappa shape index (κ3) is 4.36. The largest absolute Gasteiger partial charge is 0.369 e. The number of hydrogen-bond acceptors (Lipinski definition) is 1. The van der Waals surface area contributed by atoms with Crippen LogP contribution in [0.2, 0.25) is 0 Å². The average Bonchev–Trinajstić information content (AvgIpc) is 2.47. The van der Waals surface area contributed by atoms with Crippen LogP contribution < -0.4 is 5.73 Å². The van der Waals surface area contributed by atoms with Crippen molar-refractivity contribution in [2.24, 2.45) is 5.73 Å². The minimum atomic E-state index is -0.507. The molecule has 0 saturated carbocycles. The molecule has 2 N–H and O–H groups in total. The van der Waals surface area contributed by atoms with Gasteiger partial charge in [-0.1, -0.05) is 82.7 Å². The van der Waals surface area contributed by atoms with E-state index < -0.39 is 5.41 Å². The maximum absolute atomic E-state index is 12.2. The van der Waals surface area contributed by atoms with Gasteiger partial charge in [-0.3, -0.25) is 4.79 Å². The zero-order chi connectivity index (χ0) is 14.8. The van der Waals surface area contributed by atoms with Crippen LogP contribution >= 0.6 is 0 Å². The molecule has 2 nitrogen and oxygen atoms in total. The van der Waals surface area contributed by atoms with E-state index in [2.05, 4.69) is 13.8 Å².